The van der Waals surface area contributed by atoms with Gasteiger partial charge in [0.2, 0.25) is 6.29 Å². The van der Waals surface area contributed by atoms with Gasteiger partial charge in [-0.25, -0.2) is 9.78 Å². The maximum absolute atomic E-state index is 8.39. The number of hydrogen-bond donors (Lipinski definition) is 2. The van der Waals surface area contributed by atoms with Gasteiger partial charge in [-0.3, -0.25) is 0 Å². The van der Waals surface area contributed by atoms with E-state index in [1.54, 1.807) is 6.92 Å². The van der Waals surface area contributed by atoms with E-state index in [-0.39, 0.29) is 0 Å². The van der Waals surface area contributed by atoms with Gasteiger partial charge < -0.3 is 10.2 Å². The topological polar surface area (TPSA) is 58.9 Å². The highest BCUT2D eigenvalue weighted by Crippen LogP contribution is 1.84. The second-order valence-corrected chi connectivity index (χ2v) is 1.14. The van der Waals surface area contributed by atoms with Crippen molar-refractivity contribution < 1.29 is 20.0 Å². The van der Waals surface area contributed by atoms with E-state index in [1.807, 2.05) is 0 Å². The minimum atomic E-state index is -1.21. The van der Waals surface area contributed by atoms with Gasteiger partial charge >= 0.3 is 0 Å². The summed E-state index contributed by atoms with van der Waals surface area (Å²) in [5, 5.41) is 16.5. The molecule has 0 aromatic carbocycles. The second-order valence-electron chi connectivity index (χ2n) is 1.14. The summed E-state index contributed by atoms with van der Waals surface area (Å²) < 4.78 is 0. The van der Waals surface area contributed by atoms with Gasteiger partial charge in [0.1, 0.15) is 0 Å². The number of aliphatic hydroxyl groups is 2. The first-order chi connectivity index (χ1) is 3.81. The van der Waals surface area contributed by atoms with Crippen LogP contribution >= 0.6 is 0 Å². The summed E-state index contributed by atoms with van der Waals surface area (Å²) in [4.78, 5) is 8.42. The van der Waals surface area contributed by atoms with Gasteiger partial charge in [0, 0.05) is 0 Å². The predicted molar refractivity (Wildman–Crippen MR) is 25.8 cm³/mol. The van der Waals surface area contributed by atoms with Crippen molar-refractivity contribution in [3.8, 4) is 0 Å². The first-order valence-electron chi connectivity index (χ1n) is 2.38. The highest BCUT2D eigenvalue weighted by atomic mass is 17.2. The van der Waals surface area contributed by atoms with E-state index in [4.69, 9.17) is 10.2 Å². The van der Waals surface area contributed by atoms with Crippen LogP contribution in [0.4, 0.5) is 0 Å². The zero-order valence-corrected chi connectivity index (χ0v) is 4.70. The molecule has 0 saturated heterocycles. The molecule has 4 nitrogen and oxygen atoms in total. The number of aliphatic hydroxyl groups excluding tert-OH is 2. The smallest absolute Gasteiger partial charge is 0.212 e. The first-order valence-corrected chi connectivity index (χ1v) is 2.38. The van der Waals surface area contributed by atoms with Gasteiger partial charge in [0.05, 0.1) is 13.2 Å². The Bertz CT molecular complexity index is 47.3. The molecule has 2 N–H and O–H groups in total. The quantitative estimate of drug-likeness (QED) is 0.293. The molecule has 0 aliphatic carbocycles. The minimum absolute atomic E-state index is 0.358. The van der Waals surface area contributed by atoms with E-state index >= 15 is 0 Å². The van der Waals surface area contributed by atoms with Crippen LogP contribution < -0.4 is 0 Å². The molecule has 0 bridgehead atoms. The summed E-state index contributed by atoms with van der Waals surface area (Å²) in [5.74, 6) is 0. The molecule has 0 aromatic heterocycles. The summed E-state index contributed by atoms with van der Waals surface area (Å²) in [6.07, 6.45) is -1.21. The van der Waals surface area contributed by atoms with Crippen LogP contribution in [0.25, 0.3) is 0 Å². The molecular formula is C4H10O4. The van der Waals surface area contributed by atoms with E-state index in [1.165, 1.54) is 0 Å². The van der Waals surface area contributed by atoms with Gasteiger partial charge in [0.25, 0.3) is 0 Å². The molecule has 1 unspecified atom stereocenters. The lowest BCUT2D eigenvalue weighted by molar-refractivity contribution is -0.372. The molecule has 1 atom stereocenters. The largest absolute Gasteiger partial charge is 0.391 e. The standard InChI is InChI=1S/C4H10O4/c1-2-7-8-4(6)3-5/h4-6H,2-3H2,1H3. The molecule has 50 valence electrons. The van der Waals surface area contributed by atoms with Crippen LogP contribution in [0, 0.1) is 0 Å². The Morgan fingerprint density at radius 3 is 2.62 bits per heavy atom. The average Bonchev–Trinajstić information content (AvgIpc) is 1.83. The van der Waals surface area contributed by atoms with E-state index in [0.717, 1.165) is 0 Å². The van der Waals surface area contributed by atoms with Crippen molar-refractivity contribution in [3.05, 3.63) is 0 Å². The Morgan fingerprint density at radius 1 is 1.62 bits per heavy atom. The maximum atomic E-state index is 8.39. The molecule has 0 amide bonds. The lowest BCUT2D eigenvalue weighted by atomic mass is 10.7. The minimum Gasteiger partial charge on any atom is -0.391 e. The third kappa shape index (κ3) is 4.01. The summed E-state index contributed by atoms with van der Waals surface area (Å²) >= 11 is 0. The molecule has 0 radical (unpaired) electrons. The molecule has 4 heteroatoms. The van der Waals surface area contributed by atoms with Crippen LogP contribution in [-0.4, -0.2) is 29.7 Å². The Balaban J connectivity index is 2.86. The van der Waals surface area contributed by atoms with Crippen LogP contribution in [0.5, 0.6) is 0 Å². The van der Waals surface area contributed by atoms with Crippen LogP contribution in [-0.2, 0) is 9.78 Å². The Kier molecular flexibility index (Phi) is 4.89. The normalized spacial score (nSPS) is 13.9. The predicted octanol–water partition coefficient (Wildman–Crippen LogP) is -0.735. The van der Waals surface area contributed by atoms with Gasteiger partial charge in [-0.05, 0) is 6.92 Å². The molecule has 0 rings (SSSR count). The van der Waals surface area contributed by atoms with Crippen molar-refractivity contribution in [1.29, 1.82) is 0 Å². The molecule has 0 aromatic rings. The zero-order valence-electron chi connectivity index (χ0n) is 4.70. The SMILES string of the molecule is CCOOC(O)CO. The Hall–Kier alpha value is -0.160. The van der Waals surface area contributed by atoms with Crippen LogP contribution in [0.15, 0.2) is 0 Å². The van der Waals surface area contributed by atoms with Crippen molar-refractivity contribution >= 4 is 0 Å². The summed E-state index contributed by atoms with van der Waals surface area (Å²) in [5.41, 5.74) is 0. The highest BCUT2D eigenvalue weighted by Gasteiger charge is 1.98. The average molecular weight is 122 g/mol. The van der Waals surface area contributed by atoms with Gasteiger partial charge in [0.15, 0.2) is 0 Å². The van der Waals surface area contributed by atoms with Gasteiger partial charge in [-0.2, -0.15) is 0 Å². The molecule has 0 spiro atoms. The molecule has 0 aliphatic rings. The van der Waals surface area contributed by atoms with Crippen LogP contribution in [0.3, 0.4) is 0 Å². The molecule has 0 aliphatic heterocycles. The van der Waals surface area contributed by atoms with Crippen molar-refractivity contribution in [1.82, 2.24) is 0 Å². The first kappa shape index (κ1) is 7.84. The molecule has 0 saturated carbocycles. The molecule has 0 fully saturated rings. The third-order valence-corrected chi connectivity index (χ3v) is 0.453. The zero-order chi connectivity index (χ0) is 6.41. The summed E-state index contributed by atoms with van der Waals surface area (Å²) in [6, 6.07) is 0. The monoisotopic (exact) mass is 122 g/mol. The second kappa shape index (κ2) is 4.99. The third-order valence-electron chi connectivity index (χ3n) is 0.453. The summed E-state index contributed by atoms with van der Waals surface area (Å²) in [7, 11) is 0. The van der Waals surface area contributed by atoms with Gasteiger partial charge in [-0.1, -0.05) is 0 Å². The van der Waals surface area contributed by atoms with E-state index in [2.05, 4.69) is 9.78 Å². The van der Waals surface area contributed by atoms with Crippen molar-refractivity contribution in [3.63, 3.8) is 0 Å². The fraction of sp³-hybridized carbons (Fsp3) is 1.00. The molecule has 0 heterocycles. The van der Waals surface area contributed by atoms with E-state index in [0.29, 0.717) is 6.61 Å². The molecule has 8 heavy (non-hydrogen) atoms. The van der Waals surface area contributed by atoms with Gasteiger partial charge in [-0.15, -0.1) is 0 Å². The maximum Gasteiger partial charge on any atom is 0.212 e. The van der Waals surface area contributed by atoms with Crippen LogP contribution in [0.1, 0.15) is 6.92 Å². The molecular weight excluding hydrogens is 112 g/mol. The Labute approximate surface area is 47.6 Å². The Morgan fingerprint density at radius 2 is 2.25 bits per heavy atom. The fourth-order valence-corrected chi connectivity index (χ4v) is 0.177. The lowest BCUT2D eigenvalue weighted by Crippen LogP contribution is -2.16. The summed E-state index contributed by atoms with van der Waals surface area (Å²) in [6.45, 7) is 1.63. The highest BCUT2D eigenvalue weighted by molar-refractivity contribution is 4.24. The van der Waals surface area contributed by atoms with Crippen molar-refractivity contribution in [2.24, 2.45) is 0 Å². The number of rotatable bonds is 4. The van der Waals surface area contributed by atoms with E-state index < -0.39 is 12.9 Å². The van der Waals surface area contributed by atoms with E-state index in [9.17, 15) is 0 Å². The fourth-order valence-electron chi connectivity index (χ4n) is 0.177. The van der Waals surface area contributed by atoms with Crippen molar-refractivity contribution in [2.75, 3.05) is 13.2 Å². The van der Waals surface area contributed by atoms with Crippen LogP contribution in [0.2, 0.25) is 0 Å². The number of hydrogen-bond acceptors (Lipinski definition) is 4. The van der Waals surface area contributed by atoms with Crippen molar-refractivity contribution in [2.45, 2.75) is 13.2 Å². The lowest BCUT2D eigenvalue weighted by Gasteiger charge is -2.04.